The molecule has 0 saturated carbocycles. The number of halogens is 1. The molecule has 0 fully saturated rings. The number of rotatable bonds is 5. The summed E-state index contributed by atoms with van der Waals surface area (Å²) in [5.41, 5.74) is 1.22. The van der Waals surface area contributed by atoms with Crippen molar-refractivity contribution in [3.63, 3.8) is 0 Å². The third kappa shape index (κ3) is 3.27. The number of hydrogen-bond acceptors (Lipinski definition) is 4. The highest BCUT2D eigenvalue weighted by Gasteiger charge is 2.15. The quantitative estimate of drug-likeness (QED) is 0.616. The van der Waals surface area contributed by atoms with Crippen LogP contribution in [-0.4, -0.2) is 25.1 Å². The van der Waals surface area contributed by atoms with E-state index in [9.17, 15) is 4.79 Å². The molecular weight excluding hydrogens is 342 g/mol. The first-order valence-electron chi connectivity index (χ1n) is 7.93. The smallest absolute Gasteiger partial charge is 0.195 e. The van der Waals surface area contributed by atoms with Crippen LogP contribution in [0.2, 0.25) is 0 Å². The van der Waals surface area contributed by atoms with Crippen LogP contribution in [0.25, 0.3) is 20.2 Å². The molecule has 0 atom stereocenters. The zero-order chi connectivity index (χ0) is 16.4. The Balaban J connectivity index is 0.00000208. The normalized spacial score (nSPS) is 11.0. The molecule has 2 aromatic carbocycles. The number of ether oxygens (including phenoxy) is 1. The SMILES string of the molecule is CCN(CC)Cc1c(OC)ccc2c(=O)c3ccccc3sc12.Cl. The minimum atomic E-state index is 0. The molecule has 3 rings (SSSR count). The second-order valence-corrected chi connectivity index (χ2v) is 6.56. The average Bonchev–Trinajstić information content (AvgIpc) is 2.60. The van der Waals surface area contributed by atoms with Crippen LogP contribution in [-0.2, 0) is 6.54 Å². The van der Waals surface area contributed by atoms with Crippen LogP contribution < -0.4 is 10.2 Å². The minimum Gasteiger partial charge on any atom is -0.496 e. The molecule has 3 nitrogen and oxygen atoms in total. The highest BCUT2D eigenvalue weighted by atomic mass is 35.5. The predicted octanol–water partition coefficient (Wildman–Crippen LogP) is 4.69. The molecule has 0 saturated heterocycles. The molecule has 0 unspecified atom stereocenters. The Hall–Kier alpha value is -1.62. The van der Waals surface area contributed by atoms with Gasteiger partial charge in [0.2, 0.25) is 0 Å². The summed E-state index contributed by atoms with van der Waals surface area (Å²) in [5, 5.41) is 1.58. The molecule has 0 aliphatic carbocycles. The topological polar surface area (TPSA) is 29.5 Å². The van der Waals surface area contributed by atoms with Crippen LogP contribution in [0.1, 0.15) is 19.4 Å². The first-order chi connectivity index (χ1) is 11.2. The van der Waals surface area contributed by atoms with Gasteiger partial charge in [-0.3, -0.25) is 9.69 Å². The Morgan fingerprint density at radius 1 is 1.04 bits per heavy atom. The zero-order valence-corrected chi connectivity index (χ0v) is 15.8. The molecule has 0 amide bonds. The van der Waals surface area contributed by atoms with E-state index in [-0.39, 0.29) is 17.8 Å². The number of fused-ring (bicyclic) bond motifs is 2. The molecular formula is C19H22ClNO2S. The lowest BCUT2D eigenvalue weighted by molar-refractivity contribution is 0.290. The first-order valence-corrected chi connectivity index (χ1v) is 8.75. The molecule has 0 bridgehead atoms. The molecule has 128 valence electrons. The highest BCUT2D eigenvalue weighted by Crippen LogP contribution is 2.33. The van der Waals surface area contributed by atoms with Gasteiger partial charge in [0, 0.05) is 32.3 Å². The number of benzene rings is 2. The van der Waals surface area contributed by atoms with Crippen molar-refractivity contribution in [2.24, 2.45) is 0 Å². The monoisotopic (exact) mass is 363 g/mol. The van der Waals surface area contributed by atoms with Crippen LogP contribution >= 0.6 is 23.7 Å². The molecule has 0 radical (unpaired) electrons. The van der Waals surface area contributed by atoms with Crippen LogP contribution in [0.4, 0.5) is 0 Å². The van der Waals surface area contributed by atoms with Gasteiger partial charge in [0.1, 0.15) is 5.75 Å². The highest BCUT2D eigenvalue weighted by molar-refractivity contribution is 7.24. The Kier molecular flexibility index (Phi) is 6.21. The second-order valence-electron chi connectivity index (χ2n) is 5.51. The number of methoxy groups -OCH3 is 1. The van der Waals surface area contributed by atoms with Gasteiger partial charge >= 0.3 is 0 Å². The van der Waals surface area contributed by atoms with Crippen LogP contribution in [0.15, 0.2) is 41.2 Å². The molecule has 0 spiro atoms. The van der Waals surface area contributed by atoms with Crippen molar-refractivity contribution in [1.82, 2.24) is 4.90 Å². The first kappa shape index (κ1) is 18.7. The fourth-order valence-electron chi connectivity index (χ4n) is 2.92. The molecule has 24 heavy (non-hydrogen) atoms. The maximum absolute atomic E-state index is 12.8. The summed E-state index contributed by atoms with van der Waals surface area (Å²) in [4.78, 5) is 15.2. The third-order valence-corrected chi connectivity index (χ3v) is 5.55. The van der Waals surface area contributed by atoms with Gasteiger partial charge in [0.25, 0.3) is 0 Å². The number of nitrogens with zero attached hydrogens (tertiary/aromatic N) is 1. The summed E-state index contributed by atoms with van der Waals surface area (Å²) < 4.78 is 7.64. The van der Waals surface area contributed by atoms with E-state index in [4.69, 9.17) is 4.74 Å². The van der Waals surface area contributed by atoms with Gasteiger partial charge in [-0.1, -0.05) is 26.0 Å². The van der Waals surface area contributed by atoms with Crippen molar-refractivity contribution in [3.05, 3.63) is 52.2 Å². The lowest BCUT2D eigenvalue weighted by Gasteiger charge is -2.21. The van der Waals surface area contributed by atoms with Gasteiger partial charge in [-0.15, -0.1) is 23.7 Å². The van der Waals surface area contributed by atoms with E-state index in [1.807, 2.05) is 36.4 Å². The van der Waals surface area contributed by atoms with Crippen molar-refractivity contribution in [3.8, 4) is 5.75 Å². The second kappa shape index (κ2) is 7.97. The summed E-state index contributed by atoms with van der Waals surface area (Å²) in [7, 11) is 1.69. The van der Waals surface area contributed by atoms with Gasteiger partial charge in [-0.2, -0.15) is 0 Å². The Bertz CT molecular complexity index is 903. The van der Waals surface area contributed by atoms with Gasteiger partial charge in [0.05, 0.1) is 7.11 Å². The molecule has 1 aromatic heterocycles. The van der Waals surface area contributed by atoms with Crippen LogP contribution in [0, 0.1) is 0 Å². The van der Waals surface area contributed by atoms with Crippen molar-refractivity contribution in [1.29, 1.82) is 0 Å². The van der Waals surface area contributed by atoms with Gasteiger partial charge in [-0.25, -0.2) is 0 Å². The third-order valence-electron chi connectivity index (χ3n) is 4.30. The Morgan fingerprint density at radius 2 is 1.75 bits per heavy atom. The van der Waals surface area contributed by atoms with E-state index >= 15 is 0 Å². The van der Waals surface area contributed by atoms with E-state index in [1.165, 1.54) is 0 Å². The minimum absolute atomic E-state index is 0. The summed E-state index contributed by atoms with van der Waals surface area (Å²) in [6, 6.07) is 11.6. The molecule has 0 aliphatic heterocycles. The Labute approximate surface area is 152 Å². The summed E-state index contributed by atoms with van der Waals surface area (Å²) in [5.74, 6) is 0.857. The van der Waals surface area contributed by atoms with E-state index < -0.39 is 0 Å². The van der Waals surface area contributed by atoms with Crippen LogP contribution in [0.3, 0.4) is 0 Å². The van der Waals surface area contributed by atoms with Crippen molar-refractivity contribution >= 4 is 43.9 Å². The standard InChI is InChI=1S/C19H21NO2S.ClH/c1-4-20(5-2)12-15-16(22-3)11-10-14-18(21)13-8-6-7-9-17(13)23-19(14)15;/h6-11H,4-5,12H2,1-3H3;1H. The maximum atomic E-state index is 12.8. The van der Waals surface area contributed by atoms with E-state index in [0.717, 1.165) is 51.1 Å². The molecule has 0 N–H and O–H groups in total. The lowest BCUT2D eigenvalue weighted by atomic mass is 10.1. The molecule has 3 aromatic rings. The van der Waals surface area contributed by atoms with E-state index in [1.54, 1.807) is 18.4 Å². The van der Waals surface area contributed by atoms with E-state index in [2.05, 4.69) is 18.7 Å². The summed E-state index contributed by atoms with van der Waals surface area (Å²) in [6.45, 7) is 7.04. The van der Waals surface area contributed by atoms with Crippen molar-refractivity contribution in [2.75, 3.05) is 20.2 Å². The molecule has 1 heterocycles. The summed E-state index contributed by atoms with van der Waals surface area (Å²) >= 11 is 1.68. The largest absolute Gasteiger partial charge is 0.496 e. The van der Waals surface area contributed by atoms with Gasteiger partial charge in [-0.05, 0) is 37.4 Å². The average molecular weight is 364 g/mol. The number of hydrogen-bond donors (Lipinski definition) is 0. The van der Waals surface area contributed by atoms with Crippen molar-refractivity contribution < 1.29 is 4.74 Å². The van der Waals surface area contributed by atoms with Crippen LogP contribution in [0.5, 0.6) is 5.75 Å². The van der Waals surface area contributed by atoms with Gasteiger partial charge < -0.3 is 4.74 Å². The fourth-order valence-corrected chi connectivity index (χ4v) is 4.11. The lowest BCUT2D eigenvalue weighted by Crippen LogP contribution is -2.22. The van der Waals surface area contributed by atoms with Crippen molar-refractivity contribution in [2.45, 2.75) is 20.4 Å². The summed E-state index contributed by atoms with van der Waals surface area (Å²) in [6.07, 6.45) is 0. The molecule has 5 heteroatoms. The Morgan fingerprint density at radius 3 is 2.42 bits per heavy atom. The zero-order valence-electron chi connectivity index (χ0n) is 14.2. The molecule has 0 aliphatic rings. The fraction of sp³-hybridized carbons (Fsp3) is 0.316. The van der Waals surface area contributed by atoms with E-state index in [0.29, 0.717) is 0 Å². The maximum Gasteiger partial charge on any atom is 0.195 e. The van der Waals surface area contributed by atoms with Gasteiger partial charge in [0.15, 0.2) is 5.43 Å². The predicted molar refractivity (Wildman–Crippen MR) is 106 cm³/mol.